The highest BCUT2D eigenvalue weighted by molar-refractivity contribution is 6.21. The van der Waals surface area contributed by atoms with Crippen LogP contribution in [0.4, 0.5) is 5.69 Å². The van der Waals surface area contributed by atoms with Crippen LogP contribution in [0.1, 0.15) is 32.2 Å². The van der Waals surface area contributed by atoms with Gasteiger partial charge in [-0.05, 0) is 36.4 Å². The van der Waals surface area contributed by atoms with Gasteiger partial charge < -0.3 is 9.40 Å². The van der Waals surface area contributed by atoms with Crippen LogP contribution in [-0.4, -0.2) is 26.7 Å². The quantitative estimate of drug-likeness (QED) is 0.340. The molecule has 1 aromatic carbocycles. The molecular weight excluding hydrogens is 384 g/mol. The molecule has 29 heavy (non-hydrogen) atoms. The van der Waals surface area contributed by atoms with Crippen molar-refractivity contribution in [3.05, 3.63) is 83.9 Å². The van der Waals surface area contributed by atoms with Gasteiger partial charge in [-0.25, -0.2) is 4.79 Å². The van der Waals surface area contributed by atoms with Gasteiger partial charge in [0.15, 0.2) is 0 Å². The zero-order chi connectivity index (χ0) is 20.7. The number of carbonyl (C=O) groups is 2. The Balaban J connectivity index is 1.67. The molecule has 0 aliphatic carbocycles. The van der Waals surface area contributed by atoms with Crippen LogP contribution in [0.3, 0.4) is 0 Å². The molecule has 11 nitrogen and oxygen atoms in total. The van der Waals surface area contributed by atoms with Crippen LogP contribution in [0, 0.1) is 10.1 Å². The summed E-state index contributed by atoms with van der Waals surface area (Å²) in [6.45, 7) is 0. The van der Waals surface area contributed by atoms with Crippen molar-refractivity contribution in [3.63, 3.8) is 0 Å². The van der Waals surface area contributed by atoms with Crippen molar-refractivity contribution in [1.29, 1.82) is 0 Å². The van der Waals surface area contributed by atoms with E-state index in [-0.39, 0.29) is 22.6 Å². The predicted molar refractivity (Wildman–Crippen MR) is 99.2 cm³/mol. The van der Waals surface area contributed by atoms with E-state index in [1.54, 1.807) is 23.2 Å². The van der Waals surface area contributed by atoms with Crippen molar-refractivity contribution < 1.29 is 18.9 Å². The summed E-state index contributed by atoms with van der Waals surface area (Å²) in [5, 5.41) is 13.2. The second kappa shape index (κ2) is 6.56. The number of amides is 2. The number of hydrogen-bond acceptors (Lipinski definition) is 7. The third-order valence-electron chi connectivity index (χ3n) is 4.19. The number of nitrogens with one attached hydrogen (secondary N) is 3. The van der Waals surface area contributed by atoms with Crippen molar-refractivity contribution >= 4 is 29.7 Å². The van der Waals surface area contributed by atoms with Gasteiger partial charge in [-0.15, -0.1) is 0 Å². The Bertz CT molecular complexity index is 1340. The summed E-state index contributed by atoms with van der Waals surface area (Å²) in [6.07, 6.45) is 2.51. The first-order chi connectivity index (χ1) is 13.8. The molecular formula is C18H10N4O7. The fourth-order valence-electron chi connectivity index (χ4n) is 2.88. The number of imide groups is 1. The molecule has 3 aromatic rings. The lowest BCUT2D eigenvalue weighted by atomic mass is 10.0. The van der Waals surface area contributed by atoms with E-state index in [9.17, 15) is 29.3 Å². The minimum absolute atomic E-state index is 0.234. The zero-order valence-corrected chi connectivity index (χ0v) is 14.3. The number of fused-ring (bicyclic) bond motifs is 1. The third kappa shape index (κ3) is 3.16. The normalized spacial score (nSPS) is 13.0. The smallest absolute Gasteiger partial charge is 0.357 e. The molecule has 2 amide bonds. The molecule has 4 rings (SSSR count). The molecule has 3 heterocycles. The summed E-state index contributed by atoms with van der Waals surface area (Å²) in [7, 11) is 0. The molecule has 0 bridgehead atoms. The van der Waals surface area contributed by atoms with Crippen LogP contribution in [0.2, 0.25) is 0 Å². The summed E-state index contributed by atoms with van der Waals surface area (Å²) in [5.74, 6) is -0.304. The molecule has 0 unspecified atom stereocenters. The number of carbonyl (C=O) groups excluding carboxylic acids is 2. The number of H-pyrrole nitrogens is 2. The van der Waals surface area contributed by atoms with E-state index in [0.717, 1.165) is 0 Å². The summed E-state index contributed by atoms with van der Waals surface area (Å²) < 4.78 is 5.62. The number of nitro groups is 1. The highest BCUT2D eigenvalue weighted by atomic mass is 16.6. The monoisotopic (exact) mass is 394 g/mol. The number of aromatic nitrogens is 2. The lowest BCUT2D eigenvalue weighted by molar-refractivity contribution is -0.386. The highest BCUT2D eigenvalue weighted by Crippen LogP contribution is 2.27. The predicted octanol–water partition coefficient (Wildman–Crippen LogP) is 1.29. The molecule has 11 heteroatoms. The van der Waals surface area contributed by atoms with Crippen molar-refractivity contribution in [3.8, 4) is 11.3 Å². The van der Waals surface area contributed by atoms with Gasteiger partial charge in [0.25, 0.3) is 11.8 Å². The Morgan fingerprint density at radius 2 is 1.69 bits per heavy atom. The van der Waals surface area contributed by atoms with Crippen LogP contribution in [0.15, 0.2) is 44.3 Å². The Hall–Kier alpha value is -4.54. The summed E-state index contributed by atoms with van der Waals surface area (Å²) in [4.78, 5) is 60.5. The van der Waals surface area contributed by atoms with E-state index in [1.165, 1.54) is 24.3 Å². The number of furan rings is 1. The molecule has 0 radical (unpaired) electrons. The molecule has 0 fully saturated rings. The van der Waals surface area contributed by atoms with Crippen molar-refractivity contribution in [2.24, 2.45) is 0 Å². The summed E-state index contributed by atoms with van der Waals surface area (Å²) in [6, 6.07) is 7.79. The minimum atomic E-state index is -1.12. The van der Waals surface area contributed by atoms with E-state index in [1.807, 2.05) is 0 Å². The van der Waals surface area contributed by atoms with Crippen LogP contribution in [-0.2, 0) is 0 Å². The Morgan fingerprint density at radius 3 is 2.45 bits per heavy atom. The lowest BCUT2D eigenvalue weighted by Crippen LogP contribution is -2.25. The van der Waals surface area contributed by atoms with E-state index in [0.29, 0.717) is 11.3 Å². The number of rotatable bonds is 4. The van der Waals surface area contributed by atoms with Crippen molar-refractivity contribution in [1.82, 2.24) is 15.3 Å². The molecule has 0 spiro atoms. The number of hydrogen-bond donors (Lipinski definition) is 3. The molecule has 144 valence electrons. The van der Waals surface area contributed by atoms with Gasteiger partial charge in [0.2, 0.25) is 0 Å². The van der Waals surface area contributed by atoms with Crippen molar-refractivity contribution in [2.45, 2.75) is 0 Å². The van der Waals surface area contributed by atoms with Crippen molar-refractivity contribution in [2.75, 3.05) is 0 Å². The van der Waals surface area contributed by atoms with E-state index >= 15 is 0 Å². The topological polar surface area (TPSA) is 168 Å². The summed E-state index contributed by atoms with van der Waals surface area (Å²) in [5.41, 5.74) is -2.04. The minimum Gasteiger partial charge on any atom is -0.457 e. The fraction of sp³-hybridized carbons (Fsp3) is 0. The maximum atomic E-state index is 11.8. The SMILES string of the molecule is O=C1NC(=O)c2cc(-c3ccc(/C=C/c4[nH]c(=O)[nH]c(=O)c4[N+](=O)[O-])o3)ccc21. The van der Waals surface area contributed by atoms with Gasteiger partial charge in [-0.1, -0.05) is 6.07 Å². The van der Waals surface area contributed by atoms with Gasteiger partial charge in [0, 0.05) is 5.56 Å². The number of aromatic amines is 2. The molecule has 1 aliphatic rings. The van der Waals surface area contributed by atoms with Crippen LogP contribution in [0.25, 0.3) is 23.5 Å². The highest BCUT2D eigenvalue weighted by Gasteiger charge is 2.27. The molecule has 3 N–H and O–H groups in total. The van der Waals surface area contributed by atoms with E-state index in [4.69, 9.17) is 4.42 Å². The van der Waals surface area contributed by atoms with E-state index < -0.39 is 33.7 Å². The van der Waals surface area contributed by atoms with Crippen LogP contribution >= 0.6 is 0 Å². The first kappa shape index (κ1) is 17.9. The average molecular weight is 394 g/mol. The standard InChI is InChI=1S/C18H10N4O7/c23-15-10-4-1-8(7-11(10)16(24)20-15)13-6-3-9(29-13)2-5-12-14(22(27)28)17(25)21-18(26)19-12/h1-7H,(H,20,23,24)(H2,19,21,25,26)/b5-2+. The second-order valence-electron chi connectivity index (χ2n) is 6.01. The molecule has 1 aliphatic heterocycles. The Morgan fingerprint density at radius 1 is 0.931 bits per heavy atom. The van der Waals surface area contributed by atoms with Gasteiger partial charge in [-0.2, -0.15) is 0 Å². The largest absolute Gasteiger partial charge is 0.457 e. The fourth-order valence-corrected chi connectivity index (χ4v) is 2.88. The first-order valence-corrected chi connectivity index (χ1v) is 8.12. The number of nitrogens with zero attached hydrogens (tertiary/aromatic N) is 1. The average Bonchev–Trinajstić information content (AvgIpc) is 3.24. The maximum absolute atomic E-state index is 11.8. The van der Waals surface area contributed by atoms with Crippen LogP contribution < -0.4 is 16.6 Å². The second-order valence-corrected chi connectivity index (χ2v) is 6.01. The molecule has 0 saturated carbocycles. The molecule has 0 saturated heterocycles. The third-order valence-corrected chi connectivity index (χ3v) is 4.19. The molecule has 0 atom stereocenters. The zero-order valence-electron chi connectivity index (χ0n) is 14.3. The number of benzene rings is 1. The van der Waals surface area contributed by atoms with E-state index in [2.05, 4.69) is 10.3 Å². The van der Waals surface area contributed by atoms with Gasteiger partial charge in [-0.3, -0.25) is 34.8 Å². The summed E-state index contributed by atoms with van der Waals surface area (Å²) >= 11 is 0. The Kier molecular flexibility index (Phi) is 4.04. The molecule has 2 aromatic heterocycles. The van der Waals surface area contributed by atoms with Crippen LogP contribution in [0.5, 0.6) is 0 Å². The van der Waals surface area contributed by atoms with Gasteiger partial charge in [0.1, 0.15) is 17.2 Å². The first-order valence-electron chi connectivity index (χ1n) is 8.12. The lowest BCUT2D eigenvalue weighted by Gasteiger charge is -1.99. The maximum Gasteiger partial charge on any atom is 0.357 e. The Labute approximate surface area is 159 Å². The van der Waals surface area contributed by atoms with Gasteiger partial charge >= 0.3 is 16.9 Å². The van der Waals surface area contributed by atoms with Gasteiger partial charge in [0.05, 0.1) is 16.1 Å².